The van der Waals surface area contributed by atoms with E-state index in [-0.39, 0.29) is 30.9 Å². The van der Waals surface area contributed by atoms with E-state index in [1.807, 2.05) is 0 Å². The average molecular weight is 594 g/mol. The van der Waals surface area contributed by atoms with Crippen LogP contribution in [-0.4, -0.2) is 69.4 Å². The molecule has 0 atom stereocenters. The van der Waals surface area contributed by atoms with Crippen molar-refractivity contribution in [3.63, 3.8) is 0 Å². The molecule has 0 spiro atoms. The number of furan rings is 1. The van der Waals surface area contributed by atoms with Crippen molar-refractivity contribution in [2.75, 3.05) is 18.6 Å². The van der Waals surface area contributed by atoms with Crippen molar-refractivity contribution in [2.24, 2.45) is 5.10 Å². The number of carboxylic acids is 1. The second-order valence-electron chi connectivity index (χ2n) is 8.85. The molecule has 1 aromatic heterocycles. The number of imide groups is 1. The monoisotopic (exact) mass is 593 g/mol. The Labute approximate surface area is 242 Å². The summed E-state index contributed by atoms with van der Waals surface area (Å²) >= 11 is 0. The summed E-state index contributed by atoms with van der Waals surface area (Å²) in [6, 6.07) is 14.2. The van der Waals surface area contributed by atoms with Crippen LogP contribution in [0.15, 0.2) is 70.2 Å². The maximum absolute atomic E-state index is 12.6. The van der Waals surface area contributed by atoms with Gasteiger partial charge in [0, 0.05) is 23.4 Å². The van der Waals surface area contributed by atoms with Gasteiger partial charge < -0.3 is 19.0 Å². The SMILES string of the molecule is O=C(O)CCC(=O)OCc1ccc(NC(=O)OCN2C(=O)CN(/N=C/c3ccc(-c4ccc([N+](=O)[O-])cc4)o3)C2=O)cc1. The summed E-state index contributed by atoms with van der Waals surface area (Å²) in [7, 11) is 0. The molecule has 0 saturated carbocycles. The Morgan fingerprint density at radius 1 is 1.02 bits per heavy atom. The van der Waals surface area contributed by atoms with Crippen LogP contribution in [0.1, 0.15) is 24.2 Å². The highest BCUT2D eigenvalue weighted by Gasteiger charge is 2.37. The first-order valence-electron chi connectivity index (χ1n) is 12.5. The molecule has 1 aliphatic rings. The van der Waals surface area contributed by atoms with Gasteiger partial charge in [-0.3, -0.25) is 29.8 Å². The van der Waals surface area contributed by atoms with Crippen molar-refractivity contribution >= 4 is 47.6 Å². The smallest absolute Gasteiger partial charge is 0.413 e. The van der Waals surface area contributed by atoms with Crippen LogP contribution in [0.5, 0.6) is 0 Å². The molecule has 1 saturated heterocycles. The number of hydrogen-bond acceptors (Lipinski definition) is 11. The zero-order valence-corrected chi connectivity index (χ0v) is 22.2. The molecule has 4 rings (SSSR count). The molecule has 16 heteroatoms. The van der Waals surface area contributed by atoms with E-state index >= 15 is 0 Å². The predicted molar refractivity (Wildman–Crippen MR) is 145 cm³/mol. The molecular formula is C27H23N5O11. The number of benzene rings is 2. The van der Waals surface area contributed by atoms with Gasteiger partial charge in [-0.25, -0.2) is 19.5 Å². The van der Waals surface area contributed by atoms with E-state index < -0.39 is 48.2 Å². The second-order valence-corrected chi connectivity index (χ2v) is 8.85. The number of hydrazone groups is 1. The van der Waals surface area contributed by atoms with E-state index in [2.05, 4.69) is 10.4 Å². The highest BCUT2D eigenvalue weighted by atomic mass is 16.6. The zero-order chi connectivity index (χ0) is 30.9. The number of ether oxygens (including phenoxy) is 2. The molecule has 3 aromatic rings. The van der Waals surface area contributed by atoms with Gasteiger partial charge in [0.05, 0.1) is 24.0 Å². The average Bonchev–Trinajstić information content (AvgIpc) is 3.57. The second kappa shape index (κ2) is 13.5. The summed E-state index contributed by atoms with van der Waals surface area (Å²) in [4.78, 5) is 70.1. The van der Waals surface area contributed by atoms with Crippen molar-refractivity contribution in [1.82, 2.24) is 9.91 Å². The minimum atomic E-state index is -1.10. The summed E-state index contributed by atoms with van der Waals surface area (Å²) in [6.45, 7) is -1.13. The molecule has 2 heterocycles. The lowest BCUT2D eigenvalue weighted by Gasteiger charge is -2.14. The van der Waals surface area contributed by atoms with Crippen molar-refractivity contribution < 1.29 is 47.9 Å². The molecule has 1 aliphatic heterocycles. The summed E-state index contributed by atoms with van der Waals surface area (Å²) in [5, 5.41) is 26.7. The lowest BCUT2D eigenvalue weighted by Crippen LogP contribution is -2.35. The number of amides is 4. The largest absolute Gasteiger partial charge is 0.481 e. The molecule has 0 radical (unpaired) electrons. The van der Waals surface area contributed by atoms with Gasteiger partial charge in [0.2, 0.25) is 0 Å². The number of carbonyl (C=O) groups is 5. The number of anilines is 1. The van der Waals surface area contributed by atoms with Gasteiger partial charge in [-0.15, -0.1) is 0 Å². The molecule has 4 amide bonds. The third kappa shape index (κ3) is 8.23. The van der Waals surface area contributed by atoms with Crippen LogP contribution >= 0.6 is 0 Å². The highest BCUT2D eigenvalue weighted by Crippen LogP contribution is 2.24. The Bertz CT molecular complexity index is 1560. The molecule has 0 unspecified atom stereocenters. The number of nitrogens with one attached hydrogen (secondary N) is 1. The van der Waals surface area contributed by atoms with Gasteiger partial charge in [0.15, 0.2) is 6.73 Å². The first-order valence-corrected chi connectivity index (χ1v) is 12.5. The van der Waals surface area contributed by atoms with Crippen LogP contribution in [-0.2, 0) is 30.5 Å². The van der Waals surface area contributed by atoms with Crippen molar-refractivity contribution in [3.05, 3.63) is 82.1 Å². The van der Waals surface area contributed by atoms with Crippen LogP contribution < -0.4 is 5.32 Å². The number of hydrogen-bond donors (Lipinski definition) is 2. The van der Waals surface area contributed by atoms with Gasteiger partial charge in [-0.1, -0.05) is 12.1 Å². The first-order chi connectivity index (χ1) is 20.6. The Hall–Kier alpha value is -6.06. The molecule has 43 heavy (non-hydrogen) atoms. The fourth-order valence-electron chi connectivity index (χ4n) is 3.60. The minimum Gasteiger partial charge on any atom is -0.481 e. The molecule has 0 aliphatic carbocycles. The lowest BCUT2D eigenvalue weighted by atomic mass is 10.1. The lowest BCUT2D eigenvalue weighted by molar-refractivity contribution is -0.384. The number of non-ortho nitro benzene ring substituents is 1. The molecule has 2 N–H and O–H groups in total. The summed E-state index contributed by atoms with van der Waals surface area (Å²) in [5.74, 6) is -1.74. The Balaban J connectivity index is 1.23. The Morgan fingerprint density at radius 3 is 2.42 bits per heavy atom. The third-order valence-corrected chi connectivity index (χ3v) is 5.82. The number of aliphatic carboxylic acids is 1. The summed E-state index contributed by atoms with van der Waals surface area (Å²) in [6.07, 6.45) is -0.296. The van der Waals surface area contributed by atoms with E-state index in [0.717, 1.165) is 5.01 Å². The summed E-state index contributed by atoms with van der Waals surface area (Å²) < 4.78 is 15.6. The predicted octanol–water partition coefficient (Wildman–Crippen LogP) is 3.57. The van der Waals surface area contributed by atoms with Gasteiger partial charge >= 0.3 is 24.1 Å². The molecular weight excluding hydrogens is 570 g/mol. The van der Waals surface area contributed by atoms with Crippen LogP contribution in [0, 0.1) is 10.1 Å². The topological polar surface area (TPSA) is 211 Å². The van der Waals surface area contributed by atoms with Crippen molar-refractivity contribution in [2.45, 2.75) is 19.4 Å². The van der Waals surface area contributed by atoms with E-state index in [1.54, 1.807) is 24.3 Å². The maximum atomic E-state index is 12.6. The number of nitro benzene ring substituents is 1. The molecule has 222 valence electrons. The quantitative estimate of drug-likeness (QED) is 0.102. The molecule has 1 fully saturated rings. The maximum Gasteiger partial charge on any atom is 0.413 e. The van der Waals surface area contributed by atoms with Crippen molar-refractivity contribution in [3.8, 4) is 11.3 Å². The Kier molecular flexibility index (Phi) is 9.41. The fraction of sp³-hybridized carbons (Fsp3) is 0.185. The Morgan fingerprint density at radius 2 is 1.74 bits per heavy atom. The number of nitro groups is 1. The highest BCUT2D eigenvalue weighted by molar-refractivity contribution is 6.02. The summed E-state index contributed by atoms with van der Waals surface area (Å²) in [5.41, 5.74) is 1.44. The van der Waals surface area contributed by atoms with Gasteiger partial charge in [0.25, 0.3) is 11.6 Å². The molecule has 16 nitrogen and oxygen atoms in total. The minimum absolute atomic E-state index is 0.0658. The fourth-order valence-corrected chi connectivity index (χ4v) is 3.60. The number of nitrogens with zero attached hydrogens (tertiary/aromatic N) is 4. The number of carbonyl (C=O) groups excluding carboxylic acids is 4. The zero-order valence-electron chi connectivity index (χ0n) is 22.2. The standard InChI is InChI=1S/C27H23N5O11/c33-23-14-31(28-13-21-9-10-22(43-21)18-3-7-20(8-4-18)32(39)40)27(38)30(23)16-42-26(37)29-19-5-1-17(2-6-19)15-41-25(36)12-11-24(34)35/h1-10,13H,11-12,14-16H2,(H,29,37)(H,34,35)/b28-13+. The number of rotatable bonds is 12. The van der Waals surface area contributed by atoms with Crippen LogP contribution in [0.3, 0.4) is 0 Å². The number of urea groups is 1. The molecule has 0 bridgehead atoms. The normalized spacial score (nSPS) is 12.9. The molecule has 2 aromatic carbocycles. The number of esters is 1. The van der Waals surface area contributed by atoms with E-state index in [0.29, 0.717) is 27.5 Å². The first kappa shape index (κ1) is 29.9. The van der Waals surface area contributed by atoms with Crippen LogP contribution in [0.4, 0.5) is 21.0 Å². The third-order valence-electron chi connectivity index (χ3n) is 5.82. The van der Waals surface area contributed by atoms with Crippen LogP contribution in [0.25, 0.3) is 11.3 Å². The van der Waals surface area contributed by atoms with E-state index in [1.165, 1.54) is 42.6 Å². The van der Waals surface area contributed by atoms with Gasteiger partial charge in [-0.2, -0.15) is 5.10 Å². The van der Waals surface area contributed by atoms with E-state index in [4.69, 9.17) is 19.0 Å². The van der Waals surface area contributed by atoms with Gasteiger partial charge in [-0.05, 0) is 42.0 Å². The number of carboxylic acid groups (broad SMARTS) is 1. The van der Waals surface area contributed by atoms with Crippen LogP contribution in [0.2, 0.25) is 0 Å². The van der Waals surface area contributed by atoms with E-state index in [9.17, 15) is 34.1 Å². The van der Waals surface area contributed by atoms with Gasteiger partial charge in [0.1, 0.15) is 24.7 Å². The van der Waals surface area contributed by atoms with Crippen molar-refractivity contribution in [1.29, 1.82) is 0 Å².